The molecule has 0 aromatic heterocycles. The summed E-state index contributed by atoms with van der Waals surface area (Å²) in [5.41, 5.74) is 1.47. The molecule has 4 nitrogen and oxygen atoms in total. The largest absolute Gasteiger partial charge is 0.495 e. The van der Waals surface area contributed by atoms with Gasteiger partial charge in [0.2, 0.25) is 5.91 Å². The monoisotopic (exact) mass is 321 g/mol. The van der Waals surface area contributed by atoms with Crippen molar-refractivity contribution in [3.63, 3.8) is 0 Å². The first kappa shape index (κ1) is 16.7. The zero-order chi connectivity index (χ0) is 16.7. The van der Waals surface area contributed by atoms with Gasteiger partial charge in [0, 0.05) is 6.42 Å². The second kappa shape index (κ2) is 8.12. The molecule has 0 unspecified atom stereocenters. The predicted octanol–water partition coefficient (Wildman–Crippen LogP) is 3.87. The number of carbonyl (C=O) groups is 1. The maximum Gasteiger partial charge on any atom is 0.387 e. The highest BCUT2D eigenvalue weighted by atomic mass is 19.3. The van der Waals surface area contributed by atoms with Crippen LogP contribution in [0, 0.1) is 0 Å². The van der Waals surface area contributed by atoms with Crippen LogP contribution in [0.1, 0.15) is 12.0 Å². The third kappa shape index (κ3) is 5.25. The number of benzene rings is 2. The highest BCUT2D eigenvalue weighted by Gasteiger charge is 2.08. The van der Waals surface area contributed by atoms with E-state index in [2.05, 4.69) is 10.1 Å². The van der Waals surface area contributed by atoms with Crippen molar-refractivity contribution in [1.29, 1.82) is 0 Å². The van der Waals surface area contributed by atoms with Crippen molar-refractivity contribution in [3.05, 3.63) is 54.1 Å². The Hall–Kier alpha value is -2.63. The smallest absolute Gasteiger partial charge is 0.387 e. The number of carbonyl (C=O) groups excluding carboxylic acids is 1. The van der Waals surface area contributed by atoms with Gasteiger partial charge in [-0.3, -0.25) is 4.79 Å². The SMILES string of the molecule is COc1ccccc1NC(=O)CCc1ccc(OC(F)F)cc1. The highest BCUT2D eigenvalue weighted by Crippen LogP contribution is 2.23. The Morgan fingerprint density at radius 1 is 1.13 bits per heavy atom. The van der Waals surface area contributed by atoms with Crippen LogP contribution in [0.15, 0.2) is 48.5 Å². The highest BCUT2D eigenvalue weighted by molar-refractivity contribution is 5.92. The summed E-state index contributed by atoms with van der Waals surface area (Å²) in [6, 6.07) is 13.4. The summed E-state index contributed by atoms with van der Waals surface area (Å²) in [6.07, 6.45) is 0.767. The quantitative estimate of drug-likeness (QED) is 0.842. The molecule has 0 spiro atoms. The van der Waals surface area contributed by atoms with Crippen LogP contribution in [-0.2, 0) is 11.2 Å². The fourth-order valence-electron chi connectivity index (χ4n) is 2.06. The van der Waals surface area contributed by atoms with E-state index in [9.17, 15) is 13.6 Å². The molecule has 2 aromatic carbocycles. The Bertz CT molecular complexity index is 645. The molecule has 0 saturated heterocycles. The molecule has 0 aliphatic heterocycles. The average molecular weight is 321 g/mol. The summed E-state index contributed by atoms with van der Waals surface area (Å²) in [7, 11) is 1.54. The number of aryl methyl sites for hydroxylation is 1. The number of anilines is 1. The Kier molecular flexibility index (Phi) is 5.91. The van der Waals surface area contributed by atoms with Crippen molar-refractivity contribution in [2.75, 3.05) is 12.4 Å². The maximum atomic E-state index is 12.1. The third-order valence-electron chi connectivity index (χ3n) is 3.17. The first-order valence-corrected chi connectivity index (χ1v) is 7.05. The van der Waals surface area contributed by atoms with Gasteiger partial charge in [0.05, 0.1) is 12.8 Å². The van der Waals surface area contributed by atoms with Crippen LogP contribution in [0.2, 0.25) is 0 Å². The molecule has 0 aliphatic rings. The van der Waals surface area contributed by atoms with Crippen LogP contribution in [0.4, 0.5) is 14.5 Å². The van der Waals surface area contributed by atoms with Gasteiger partial charge < -0.3 is 14.8 Å². The Labute approximate surface area is 133 Å². The van der Waals surface area contributed by atoms with Crippen LogP contribution in [-0.4, -0.2) is 19.6 Å². The lowest BCUT2D eigenvalue weighted by Crippen LogP contribution is -2.13. The fourth-order valence-corrected chi connectivity index (χ4v) is 2.06. The summed E-state index contributed by atoms with van der Waals surface area (Å²) < 4.78 is 33.6. The number of nitrogens with one attached hydrogen (secondary N) is 1. The van der Waals surface area contributed by atoms with E-state index in [0.29, 0.717) is 17.9 Å². The lowest BCUT2D eigenvalue weighted by molar-refractivity contribution is -0.116. The minimum atomic E-state index is -2.84. The Morgan fingerprint density at radius 3 is 2.48 bits per heavy atom. The van der Waals surface area contributed by atoms with Crippen LogP contribution < -0.4 is 14.8 Å². The number of halogens is 2. The number of para-hydroxylation sites is 2. The lowest BCUT2D eigenvalue weighted by Gasteiger charge is -2.10. The minimum Gasteiger partial charge on any atom is -0.495 e. The molecule has 1 N–H and O–H groups in total. The normalized spacial score (nSPS) is 10.4. The van der Waals surface area contributed by atoms with E-state index in [1.165, 1.54) is 19.2 Å². The van der Waals surface area contributed by atoms with Gasteiger partial charge in [-0.1, -0.05) is 24.3 Å². The minimum absolute atomic E-state index is 0.0993. The van der Waals surface area contributed by atoms with Crippen molar-refractivity contribution in [2.24, 2.45) is 0 Å². The van der Waals surface area contributed by atoms with Gasteiger partial charge in [-0.2, -0.15) is 8.78 Å². The second-order valence-corrected chi connectivity index (χ2v) is 4.77. The van der Waals surface area contributed by atoms with Crippen LogP contribution >= 0.6 is 0 Å². The molecule has 23 heavy (non-hydrogen) atoms. The summed E-state index contributed by atoms with van der Waals surface area (Å²) >= 11 is 0. The number of hydrogen-bond donors (Lipinski definition) is 1. The van der Waals surface area contributed by atoms with Crippen molar-refractivity contribution < 1.29 is 23.0 Å². The van der Waals surface area contributed by atoms with E-state index in [4.69, 9.17) is 4.74 Å². The van der Waals surface area contributed by atoms with Gasteiger partial charge in [-0.25, -0.2) is 0 Å². The maximum absolute atomic E-state index is 12.1. The number of methoxy groups -OCH3 is 1. The molecule has 2 aromatic rings. The molecule has 0 radical (unpaired) electrons. The van der Waals surface area contributed by atoms with Crippen molar-refractivity contribution in [2.45, 2.75) is 19.5 Å². The number of hydrogen-bond acceptors (Lipinski definition) is 3. The van der Waals surface area contributed by atoms with E-state index in [0.717, 1.165) is 5.56 Å². The van der Waals surface area contributed by atoms with Gasteiger partial charge >= 0.3 is 6.61 Å². The molecule has 0 bridgehead atoms. The van der Waals surface area contributed by atoms with Crippen LogP contribution in [0.3, 0.4) is 0 Å². The number of rotatable bonds is 7. The predicted molar refractivity (Wildman–Crippen MR) is 83.0 cm³/mol. The van der Waals surface area contributed by atoms with E-state index < -0.39 is 6.61 Å². The van der Waals surface area contributed by atoms with Gasteiger partial charge in [-0.15, -0.1) is 0 Å². The van der Waals surface area contributed by atoms with E-state index >= 15 is 0 Å². The Morgan fingerprint density at radius 2 is 1.83 bits per heavy atom. The third-order valence-corrected chi connectivity index (χ3v) is 3.17. The summed E-state index contributed by atoms with van der Waals surface area (Å²) in [5, 5.41) is 2.78. The van der Waals surface area contributed by atoms with Gasteiger partial charge in [0.25, 0.3) is 0 Å². The van der Waals surface area contributed by atoms with Gasteiger partial charge in [-0.05, 0) is 36.2 Å². The number of amides is 1. The van der Waals surface area contributed by atoms with Crippen LogP contribution in [0.5, 0.6) is 11.5 Å². The lowest BCUT2D eigenvalue weighted by atomic mass is 10.1. The molecule has 122 valence electrons. The summed E-state index contributed by atoms with van der Waals surface area (Å²) in [4.78, 5) is 12.0. The zero-order valence-electron chi connectivity index (χ0n) is 12.6. The topological polar surface area (TPSA) is 47.6 Å². The van der Waals surface area contributed by atoms with Gasteiger partial charge in [0.1, 0.15) is 11.5 Å². The number of alkyl halides is 2. The molecule has 0 heterocycles. The fraction of sp³-hybridized carbons (Fsp3) is 0.235. The first-order chi connectivity index (χ1) is 11.1. The molecule has 0 atom stereocenters. The first-order valence-electron chi connectivity index (χ1n) is 7.05. The van der Waals surface area contributed by atoms with Gasteiger partial charge in [0.15, 0.2) is 0 Å². The molecular weight excluding hydrogens is 304 g/mol. The van der Waals surface area contributed by atoms with E-state index in [1.807, 2.05) is 6.07 Å². The molecule has 6 heteroatoms. The van der Waals surface area contributed by atoms with E-state index in [1.54, 1.807) is 30.3 Å². The Balaban J connectivity index is 1.86. The number of ether oxygens (including phenoxy) is 2. The van der Waals surface area contributed by atoms with Crippen molar-refractivity contribution in [1.82, 2.24) is 0 Å². The van der Waals surface area contributed by atoms with E-state index in [-0.39, 0.29) is 18.1 Å². The van der Waals surface area contributed by atoms with Crippen molar-refractivity contribution >= 4 is 11.6 Å². The zero-order valence-corrected chi connectivity index (χ0v) is 12.6. The van der Waals surface area contributed by atoms with Crippen LogP contribution in [0.25, 0.3) is 0 Å². The molecule has 0 saturated carbocycles. The molecule has 1 amide bonds. The second-order valence-electron chi connectivity index (χ2n) is 4.77. The molecule has 0 aliphatic carbocycles. The summed E-state index contributed by atoms with van der Waals surface area (Å²) in [5.74, 6) is 0.541. The molecule has 2 rings (SSSR count). The average Bonchev–Trinajstić information content (AvgIpc) is 2.54. The molecular formula is C17H17F2NO3. The molecule has 0 fully saturated rings. The standard InChI is InChI=1S/C17H17F2NO3/c1-22-15-5-3-2-4-14(15)20-16(21)11-8-12-6-9-13(10-7-12)23-17(18)19/h2-7,9-10,17H,8,11H2,1H3,(H,20,21). The summed E-state index contributed by atoms with van der Waals surface area (Å²) in [6.45, 7) is -2.84. The van der Waals surface area contributed by atoms with Crippen molar-refractivity contribution in [3.8, 4) is 11.5 Å².